The van der Waals surface area contributed by atoms with Crippen LogP contribution in [0.3, 0.4) is 0 Å². The van der Waals surface area contributed by atoms with Crippen LogP contribution < -0.4 is 15.5 Å². The lowest BCUT2D eigenvalue weighted by molar-refractivity contribution is 0.249. The van der Waals surface area contributed by atoms with Gasteiger partial charge < -0.3 is 15.5 Å². The summed E-state index contributed by atoms with van der Waals surface area (Å²) in [4.78, 5) is 9.34. The number of nitrogens with one attached hydrogen (secondary N) is 2. The number of rotatable bonds is 7. The summed E-state index contributed by atoms with van der Waals surface area (Å²) in [6.45, 7) is 9.24. The molecule has 0 saturated carbocycles. The molecule has 1 saturated heterocycles. The first-order valence-corrected chi connectivity index (χ1v) is 10.3. The first kappa shape index (κ1) is 23.5. The third-order valence-corrected chi connectivity index (χ3v) is 5.22. The Bertz CT molecular complexity index is 742. The van der Waals surface area contributed by atoms with Crippen molar-refractivity contribution in [3.8, 4) is 0 Å². The van der Waals surface area contributed by atoms with Gasteiger partial charge in [0.2, 0.25) is 0 Å². The third-order valence-electron chi connectivity index (χ3n) is 5.22. The largest absolute Gasteiger partial charge is 0.369 e. The molecule has 3 rings (SSSR count). The van der Waals surface area contributed by atoms with Crippen LogP contribution in [-0.2, 0) is 13.1 Å². The van der Waals surface area contributed by atoms with Gasteiger partial charge in [-0.2, -0.15) is 0 Å². The molecule has 2 aromatic rings. The van der Waals surface area contributed by atoms with E-state index in [2.05, 4.69) is 86.9 Å². The van der Waals surface area contributed by atoms with E-state index in [-0.39, 0.29) is 24.0 Å². The van der Waals surface area contributed by atoms with E-state index < -0.39 is 0 Å². The predicted molar refractivity (Wildman–Crippen MR) is 134 cm³/mol. The average molecular weight is 507 g/mol. The molecule has 0 unspecified atom stereocenters. The van der Waals surface area contributed by atoms with Crippen LogP contribution in [0.2, 0.25) is 0 Å². The molecule has 0 spiro atoms. The normalized spacial score (nSPS) is 15.0. The number of benzene rings is 2. The van der Waals surface area contributed by atoms with Crippen molar-refractivity contribution in [3.63, 3.8) is 0 Å². The maximum absolute atomic E-state index is 4.30. The number of anilines is 1. The number of halogens is 1. The maximum atomic E-state index is 4.30. The predicted octanol–water partition coefficient (Wildman–Crippen LogP) is 3.70. The van der Waals surface area contributed by atoms with E-state index >= 15 is 0 Å². The zero-order valence-electron chi connectivity index (χ0n) is 17.6. The number of guanidine groups is 1. The first-order chi connectivity index (χ1) is 13.8. The minimum Gasteiger partial charge on any atom is -0.369 e. The van der Waals surface area contributed by atoms with Crippen molar-refractivity contribution in [1.29, 1.82) is 0 Å². The van der Waals surface area contributed by atoms with E-state index in [4.69, 9.17) is 0 Å². The van der Waals surface area contributed by atoms with Crippen molar-refractivity contribution < 1.29 is 0 Å². The summed E-state index contributed by atoms with van der Waals surface area (Å²) in [6.07, 6.45) is 1.09. The molecule has 0 amide bonds. The fourth-order valence-electron chi connectivity index (χ4n) is 3.57. The Balaban J connectivity index is 0.00000300. The van der Waals surface area contributed by atoms with Gasteiger partial charge in [-0.3, -0.25) is 9.89 Å². The molecule has 2 aromatic carbocycles. The molecule has 29 heavy (non-hydrogen) atoms. The second kappa shape index (κ2) is 12.7. The summed E-state index contributed by atoms with van der Waals surface area (Å²) >= 11 is 0. The molecule has 2 N–H and O–H groups in total. The quantitative estimate of drug-likeness (QED) is 0.341. The molecule has 0 atom stereocenters. The van der Waals surface area contributed by atoms with E-state index in [1.165, 1.54) is 16.8 Å². The Kier molecular flexibility index (Phi) is 10.3. The van der Waals surface area contributed by atoms with Crippen LogP contribution in [-0.4, -0.2) is 50.6 Å². The number of hydrogen-bond donors (Lipinski definition) is 2. The van der Waals surface area contributed by atoms with E-state index in [1.54, 1.807) is 0 Å². The lowest BCUT2D eigenvalue weighted by Crippen LogP contribution is -2.46. The highest BCUT2D eigenvalue weighted by molar-refractivity contribution is 14.0. The van der Waals surface area contributed by atoms with Gasteiger partial charge in [-0.1, -0.05) is 49.4 Å². The summed E-state index contributed by atoms with van der Waals surface area (Å²) in [5.74, 6) is 0.869. The monoisotopic (exact) mass is 507 g/mol. The van der Waals surface area contributed by atoms with Gasteiger partial charge in [-0.15, -0.1) is 24.0 Å². The molecule has 5 nitrogen and oxygen atoms in total. The van der Waals surface area contributed by atoms with Gasteiger partial charge in [0.25, 0.3) is 0 Å². The smallest absolute Gasteiger partial charge is 0.191 e. The number of piperazine rings is 1. The molecule has 1 aliphatic heterocycles. The highest BCUT2D eigenvalue weighted by Crippen LogP contribution is 2.18. The highest BCUT2D eigenvalue weighted by Gasteiger charge is 2.18. The molecule has 1 fully saturated rings. The van der Waals surface area contributed by atoms with Crippen LogP contribution in [0.15, 0.2) is 59.6 Å². The van der Waals surface area contributed by atoms with Crippen molar-refractivity contribution in [1.82, 2.24) is 15.5 Å². The average Bonchev–Trinajstić information content (AvgIpc) is 2.76. The molecule has 1 aliphatic rings. The van der Waals surface area contributed by atoms with Gasteiger partial charge in [-0.05, 0) is 29.7 Å². The van der Waals surface area contributed by atoms with Gasteiger partial charge in [0.15, 0.2) is 5.96 Å². The van der Waals surface area contributed by atoms with Crippen LogP contribution >= 0.6 is 24.0 Å². The maximum Gasteiger partial charge on any atom is 0.191 e. The van der Waals surface area contributed by atoms with Gasteiger partial charge in [0.05, 0.1) is 0 Å². The van der Waals surface area contributed by atoms with Crippen molar-refractivity contribution in [2.24, 2.45) is 4.99 Å². The molecule has 0 radical (unpaired) electrons. The van der Waals surface area contributed by atoms with Gasteiger partial charge in [0, 0.05) is 58.5 Å². The van der Waals surface area contributed by atoms with E-state index in [9.17, 15) is 0 Å². The van der Waals surface area contributed by atoms with Gasteiger partial charge in [-0.25, -0.2) is 0 Å². The minimum atomic E-state index is 0. The SMILES string of the molecule is CCCNC(=NC)NCc1ccccc1CN1CCN(c2ccccc2)CC1.I. The van der Waals surface area contributed by atoms with E-state index in [0.717, 1.165) is 58.2 Å². The van der Waals surface area contributed by atoms with Crippen LogP contribution in [0.25, 0.3) is 0 Å². The molecule has 1 heterocycles. The summed E-state index contributed by atoms with van der Waals surface area (Å²) < 4.78 is 0. The summed E-state index contributed by atoms with van der Waals surface area (Å²) in [6, 6.07) is 19.5. The fraction of sp³-hybridized carbons (Fsp3) is 0.435. The number of hydrogen-bond acceptors (Lipinski definition) is 3. The Hall–Kier alpha value is -1.80. The van der Waals surface area contributed by atoms with Crippen molar-refractivity contribution in [2.45, 2.75) is 26.4 Å². The van der Waals surface area contributed by atoms with Crippen molar-refractivity contribution in [2.75, 3.05) is 44.7 Å². The van der Waals surface area contributed by atoms with Crippen molar-refractivity contribution in [3.05, 3.63) is 65.7 Å². The van der Waals surface area contributed by atoms with Crippen LogP contribution in [0.5, 0.6) is 0 Å². The van der Waals surface area contributed by atoms with Crippen LogP contribution in [0.4, 0.5) is 5.69 Å². The molecular weight excluding hydrogens is 473 g/mol. The Morgan fingerprint density at radius 3 is 2.21 bits per heavy atom. The Morgan fingerprint density at radius 1 is 0.897 bits per heavy atom. The number of aliphatic imine (C=N–C) groups is 1. The molecule has 6 heteroatoms. The Labute approximate surface area is 192 Å². The van der Waals surface area contributed by atoms with Crippen LogP contribution in [0, 0.1) is 0 Å². The molecule has 0 aliphatic carbocycles. The second-order valence-electron chi connectivity index (χ2n) is 7.22. The standard InChI is InChI=1S/C23H33N5.HI/c1-3-13-25-23(24-2)26-18-20-9-7-8-10-21(20)19-27-14-16-28(17-15-27)22-11-5-4-6-12-22;/h4-12H,3,13-19H2,1-2H3,(H2,24,25,26);1H. The van der Waals surface area contributed by atoms with Crippen LogP contribution in [0.1, 0.15) is 24.5 Å². The molecule has 158 valence electrons. The molecular formula is C23H34IN5. The zero-order valence-corrected chi connectivity index (χ0v) is 19.9. The number of para-hydroxylation sites is 1. The first-order valence-electron chi connectivity index (χ1n) is 10.3. The van der Waals surface area contributed by atoms with Crippen molar-refractivity contribution >= 4 is 35.6 Å². The Morgan fingerprint density at radius 2 is 1.55 bits per heavy atom. The molecule has 0 bridgehead atoms. The van der Waals surface area contributed by atoms with E-state index in [1.807, 2.05) is 7.05 Å². The minimum absolute atomic E-state index is 0. The fourth-order valence-corrected chi connectivity index (χ4v) is 3.57. The van der Waals surface area contributed by atoms with E-state index in [0.29, 0.717) is 0 Å². The second-order valence-corrected chi connectivity index (χ2v) is 7.22. The third kappa shape index (κ3) is 7.19. The summed E-state index contributed by atoms with van der Waals surface area (Å²) in [5, 5.41) is 6.77. The summed E-state index contributed by atoms with van der Waals surface area (Å²) in [7, 11) is 1.82. The number of nitrogens with zero attached hydrogens (tertiary/aromatic N) is 3. The lowest BCUT2D eigenvalue weighted by atomic mass is 10.1. The molecule has 0 aromatic heterocycles. The zero-order chi connectivity index (χ0) is 19.6. The lowest BCUT2D eigenvalue weighted by Gasteiger charge is -2.36. The van der Waals surface area contributed by atoms with Gasteiger partial charge >= 0.3 is 0 Å². The topological polar surface area (TPSA) is 42.9 Å². The highest BCUT2D eigenvalue weighted by atomic mass is 127. The van der Waals surface area contributed by atoms with Gasteiger partial charge in [0.1, 0.15) is 0 Å². The summed E-state index contributed by atoms with van der Waals surface area (Å²) in [5.41, 5.74) is 4.07.